The number of H-pyrrole nitrogens is 1. The van der Waals surface area contributed by atoms with Crippen molar-refractivity contribution in [1.29, 1.82) is 0 Å². The lowest BCUT2D eigenvalue weighted by atomic mass is 9.85. The summed E-state index contributed by atoms with van der Waals surface area (Å²) in [5.74, 6) is -2.48. The minimum atomic E-state index is -1.24. The minimum Gasteiger partial charge on any atom is -0.477 e. The molecule has 210 valence electrons. The fraction of sp³-hybridized carbons (Fsp3) is 0. The molecular weight excluding hydrogens is 536 g/mol. The number of carboxylic acid groups (broad SMARTS) is 2. The molecule has 0 aliphatic heterocycles. The second-order valence-electron chi connectivity index (χ2n) is 9.54. The Kier molecular flexibility index (Phi) is 9.00. The first kappa shape index (κ1) is 28.5. The average Bonchev–Trinajstić information content (AvgIpc) is 3.61. The molecule has 3 N–H and O–H groups in total. The lowest BCUT2D eigenvalue weighted by molar-refractivity contribution is 0.0685. The largest absolute Gasteiger partial charge is 0.477 e. The molecule has 0 aliphatic carbocycles. The fourth-order valence-electron chi connectivity index (χ4n) is 4.73. The van der Waals surface area contributed by atoms with Gasteiger partial charge >= 0.3 is 11.9 Å². The van der Waals surface area contributed by atoms with Crippen LogP contribution >= 0.6 is 0 Å². The zero-order valence-corrected chi connectivity index (χ0v) is 23.1. The SMILES string of the molecule is O=C(O)c1cccc(C(=O)O)n1.c1ccc(C(=C(c2ccccc2)c2ccc(-c3cc[nH]c3)cc2)c2ccccc2)cc1. The number of nitrogens with zero attached hydrogens (tertiary/aromatic N) is 1. The first-order chi connectivity index (χ1) is 21.0. The second kappa shape index (κ2) is 13.6. The number of aromatic nitrogens is 2. The third-order valence-electron chi connectivity index (χ3n) is 6.73. The molecule has 0 saturated heterocycles. The van der Waals surface area contributed by atoms with Crippen molar-refractivity contribution in [3.05, 3.63) is 186 Å². The highest BCUT2D eigenvalue weighted by molar-refractivity contribution is 6.04. The summed E-state index contributed by atoms with van der Waals surface area (Å²) in [6, 6.07) is 46.8. The Morgan fingerprint density at radius 1 is 0.465 bits per heavy atom. The Bertz CT molecular complexity index is 1760. The fourth-order valence-corrected chi connectivity index (χ4v) is 4.73. The van der Waals surface area contributed by atoms with Crippen molar-refractivity contribution in [2.75, 3.05) is 0 Å². The van der Waals surface area contributed by atoms with Crippen molar-refractivity contribution in [2.45, 2.75) is 0 Å². The topological polar surface area (TPSA) is 103 Å². The zero-order chi connectivity index (χ0) is 30.0. The Morgan fingerprint density at radius 3 is 1.26 bits per heavy atom. The maximum Gasteiger partial charge on any atom is 0.354 e. The Hall–Kier alpha value is -6.01. The van der Waals surface area contributed by atoms with E-state index < -0.39 is 11.9 Å². The monoisotopic (exact) mass is 564 g/mol. The van der Waals surface area contributed by atoms with Gasteiger partial charge < -0.3 is 15.2 Å². The van der Waals surface area contributed by atoms with Crippen LogP contribution in [0.15, 0.2) is 152 Å². The molecule has 6 rings (SSSR count). The van der Waals surface area contributed by atoms with Gasteiger partial charge in [0.2, 0.25) is 0 Å². The van der Waals surface area contributed by atoms with Crippen LogP contribution in [0.1, 0.15) is 43.2 Å². The van der Waals surface area contributed by atoms with Crippen LogP contribution in [0.5, 0.6) is 0 Å². The van der Waals surface area contributed by atoms with E-state index in [1.807, 2.05) is 12.4 Å². The number of aromatic carboxylic acids is 2. The summed E-state index contributed by atoms with van der Waals surface area (Å²) in [4.78, 5) is 27.2. The zero-order valence-electron chi connectivity index (χ0n) is 23.1. The van der Waals surface area contributed by atoms with Gasteiger partial charge in [-0.15, -0.1) is 0 Å². The molecule has 43 heavy (non-hydrogen) atoms. The Labute approximate surface area is 249 Å². The van der Waals surface area contributed by atoms with E-state index in [0.29, 0.717) is 0 Å². The number of pyridine rings is 1. The molecule has 0 saturated carbocycles. The third-order valence-corrected chi connectivity index (χ3v) is 6.73. The van der Waals surface area contributed by atoms with Crippen molar-refractivity contribution >= 4 is 23.1 Å². The summed E-state index contributed by atoms with van der Waals surface area (Å²) < 4.78 is 0. The molecule has 4 aromatic carbocycles. The number of carboxylic acids is 2. The van der Waals surface area contributed by atoms with Crippen molar-refractivity contribution < 1.29 is 19.8 Å². The van der Waals surface area contributed by atoms with E-state index in [4.69, 9.17) is 10.2 Å². The number of aromatic amines is 1. The molecule has 6 nitrogen and oxygen atoms in total. The Morgan fingerprint density at radius 2 is 0.884 bits per heavy atom. The molecule has 0 spiro atoms. The van der Waals surface area contributed by atoms with Crippen LogP contribution in [0.2, 0.25) is 0 Å². The maximum absolute atomic E-state index is 10.3. The van der Waals surface area contributed by atoms with Crippen LogP contribution in [0.4, 0.5) is 0 Å². The highest BCUT2D eigenvalue weighted by Crippen LogP contribution is 2.37. The van der Waals surface area contributed by atoms with Crippen LogP contribution in [-0.4, -0.2) is 32.1 Å². The van der Waals surface area contributed by atoms with Crippen LogP contribution in [0.25, 0.3) is 22.3 Å². The van der Waals surface area contributed by atoms with E-state index in [-0.39, 0.29) is 11.4 Å². The average molecular weight is 565 g/mol. The summed E-state index contributed by atoms with van der Waals surface area (Å²) in [6.45, 7) is 0. The van der Waals surface area contributed by atoms with Crippen molar-refractivity contribution in [2.24, 2.45) is 0 Å². The molecule has 0 fully saturated rings. The number of nitrogens with one attached hydrogen (secondary N) is 1. The molecular formula is C37H28N2O4. The van der Waals surface area contributed by atoms with Gasteiger partial charge in [-0.3, -0.25) is 0 Å². The molecule has 0 radical (unpaired) electrons. The number of hydrogen-bond donors (Lipinski definition) is 3. The van der Waals surface area contributed by atoms with Gasteiger partial charge in [-0.2, -0.15) is 0 Å². The third kappa shape index (κ3) is 7.01. The second-order valence-corrected chi connectivity index (χ2v) is 9.54. The van der Waals surface area contributed by atoms with Crippen molar-refractivity contribution in [3.63, 3.8) is 0 Å². The Balaban J connectivity index is 0.000000259. The smallest absolute Gasteiger partial charge is 0.354 e. The summed E-state index contributed by atoms with van der Waals surface area (Å²) in [7, 11) is 0. The molecule has 0 unspecified atom stereocenters. The molecule has 0 aliphatic rings. The van der Waals surface area contributed by atoms with Gasteiger partial charge in [0.25, 0.3) is 0 Å². The van der Waals surface area contributed by atoms with E-state index in [0.717, 1.165) is 0 Å². The van der Waals surface area contributed by atoms with Gasteiger partial charge in [0.1, 0.15) is 11.4 Å². The lowest BCUT2D eigenvalue weighted by Gasteiger charge is -2.18. The van der Waals surface area contributed by atoms with Gasteiger partial charge in [0.15, 0.2) is 0 Å². The lowest BCUT2D eigenvalue weighted by Crippen LogP contribution is -2.06. The summed E-state index contributed by atoms with van der Waals surface area (Å²) in [5.41, 5.74) is 9.17. The maximum atomic E-state index is 10.3. The normalized spacial score (nSPS) is 10.2. The molecule has 6 heteroatoms. The van der Waals surface area contributed by atoms with Gasteiger partial charge in [-0.1, -0.05) is 121 Å². The van der Waals surface area contributed by atoms with E-state index in [1.54, 1.807) is 0 Å². The van der Waals surface area contributed by atoms with Crippen LogP contribution in [0.3, 0.4) is 0 Å². The van der Waals surface area contributed by atoms with Crippen LogP contribution in [0, 0.1) is 0 Å². The highest BCUT2D eigenvalue weighted by atomic mass is 16.4. The number of benzene rings is 4. The van der Waals surface area contributed by atoms with Gasteiger partial charge in [0, 0.05) is 12.4 Å². The number of hydrogen-bond acceptors (Lipinski definition) is 3. The van der Waals surface area contributed by atoms with Crippen LogP contribution < -0.4 is 0 Å². The molecule has 0 bridgehead atoms. The standard InChI is InChI=1S/C30H23N.C7H5NO4/c1-4-10-24(11-5-1)29(25-12-6-2-7-13-25)30(26-14-8-3-9-15-26)27-18-16-23(17-19-27)28-20-21-31-22-28;9-6(10)4-2-1-3-5(8-4)7(11)12/h1-22,31H;1-3H,(H,9,10)(H,11,12). The molecule has 6 aromatic rings. The highest BCUT2D eigenvalue weighted by Gasteiger charge is 2.16. The summed E-state index contributed by atoms with van der Waals surface area (Å²) in [5, 5.41) is 16.9. The predicted molar refractivity (Wildman–Crippen MR) is 169 cm³/mol. The minimum absolute atomic E-state index is 0.269. The van der Waals surface area contributed by atoms with E-state index in [9.17, 15) is 9.59 Å². The van der Waals surface area contributed by atoms with Crippen LogP contribution in [-0.2, 0) is 0 Å². The van der Waals surface area contributed by atoms with E-state index >= 15 is 0 Å². The van der Waals surface area contributed by atoms with Gasteiger partial charge in [-0.05, 0) is 62.7 Å². The first-order valence-electron chi connectivity index (χ1n) is 13.6. The van der Waals surface area contributed by atoms with E-state index in [2.05, 4.69) is 131 Å². The number of carbonyl (C=O) groups is 2. The van der Waals surface area contributed by atoms with Gasteiger partial charge in [-0.25, -0.2) is 14.6 Å². The van der Waals surface area contributed by atoms with E-state index in [1.165, 1.54) is 62.7 Å². The number of rotatable bonds is 7. The molecule has 2 heterocycles. The van der Waals surface area contributed by atoms with Gasteiger partial charge in [0.05, 0.1) is 0 Å². The van der Waals surface area contributed by atoms with Crippen molar-refractivity contribution in [1.82, 2.24) is 9.97 Å². The summed E-state index contributed by atoms with van der Waals surface area (Å²) >= 11 is 0. The van der Waals surface area contributed by atoms with Crippen molar-refractivity contribution in [3.8, 4) is 11.1 Å². The first-order valence-corrected chi connectivity index (χ1v) is 13.6. The molecule has 0 amide bonds. The molecule has 0 atom stereocenters. The molecule has 2 aromatic heterocycles. The summed E-state index contributed by atoms with van der Waals surface area (Å²) in [6.07, 6.45) is 3.99. The quantitative estimate of drug-likeness (QED) is 0.170. The predicted octanol–water partition coefficient (Wildman–Crippen LogP) is 8.17.